The van der Waals surface area contributed by atoms with E-state index in [2.05, 4.69) is 29.2 Å². The summed E-state index contributed by atoms with van der Waals surface area (Å²) in [5.74, 6) is 4.06. The van der Waals surface area contributed by atoms with Gasteiger partial charge in [-0.1, -0.05) is 18.9 Å². The fraction of sp³-hybridized carbons (Fsp3) is 0.440. The van der Waals surface area contributed by atoms with Crippen LogP contribution in [-0.2, 0) is 6.42 Å². The average Bonchev–Trinajstić information content (AvgIpc) is 3.47. The van der Waals surface area contributed by atoms with Gasteiger partial charge in [0.25, 0.3) is 0 Å². The van der Waals surface area contributed by atoms with Crippen molar-refractivity contribution in [3.05, 3.63) is 46.5 Å². The van der Waals surface area contributed by atoms with Crippen LogP contribution < -0.4 is 18.9 Å². The fourth-order valence-electron chi connectivity index (χ4n) is 5.86. The van der Waals surface area contributed by atoms with Crippen molar-refractivity contribution in [2.75, 3.05) is 27.6 Å². The minimum atomic E-state index is 0.311. The highest BCUT2D eigenvalue weighted by atomic mass is 16.7. The van der Waals surface area contributed by atoms with E-state index in [-0.39, 0.29) is 0 Å². The highest BCUT2D eigenvalue weighted by molar-refractivity contribution is 5.88. The molecule has 0 aromatic heterocycles. The smallest absolute Gasteiger partial charge is 0.231 e. The summed E-state index contributed by atoms with van der Waals surface area (Å²) in [4.78, 5) is 2.62. The monoisotopic (exact) mass is 405 g/mol. The highest BCUT2D eigenvalue weighted by Gasteiger charge is 2.41. The van der Waals surface area contributed by atoms with Gasteiger partial charge in [-0.3, -0.25) is 0 Å². The number of benzene rings is 2. The molecule has 5 heteroatoms. The zero-order chi connectivity index (χ0) is 20.2. The van der Waals surface area contributed by atoms with E-state index in [4.69, 9.17) is 18.9 Å². The van der Waals surface area contributed by atoms with Gasteiger partial charge in [0.05, 0.1) is 20.3 Å². The number of rotatable bonds is 3. The van der Waals surface area contributed by atoms with E-state index >= 15 is 0 Å². The average molecular weight is 405 g/mol. The molecule has 0 unspecified atom stereocenters. The molecular formula is C25H27NO4. The maximum absolute atomic E-state index is 5.92. The first-order valence-electron chi connectivity index (χ1n) is 10.9. The molecular weight excluding hydrogens is 378 g/mol. The molecule has 1 atom stereocenters. The first-order valence-corrected chi connectivity index (χ1v) is 10.9. The Morgan fingerprint density at radius 3 is 2.57 bits per heavy atom. The molecule has 3 heterocycles. The second-order valence-electron chi connectivity index (χ2n) is 8.63. The SMILES string of the molecule is COc1ccc2c(c1OC)[C@@H](C1CCCC1)N1CCc3cc4c(cc3C1=C2)OCO4. The highest BCUT2D eigenvalue weighted by Crippen LogP contribution is 2.54. The van der Waals surface area contributed by atoms with Gasteiger partial charge in [0.15, 0.2) is 23.0 Å². The van der Waals surface area contributed by atoms with Crippen molar-refractivity contribution in [1.82, 2.24) is 4.90 Å². The predicted octanol–water partition coefficient (Wildman–Crippen LogP) is 5.03. The van der Waals surface area contributed by atoms with Crippen LogP contribution in [0.3, 0.4) is 0 Å². The Hall–Kier alpha value is -2.82. The molecule has 1 aliphatic carbocycles. The Morgan fingerprint density at radius 2 is 1.80 bits per heavy atom. The minimum absolute atomic E-state index is 0.311. The molecule has 0 bridgehead atoms. The second kappa shape index (κ2) is 6.86. The van der Waals surface area contributed by atoms with E-state index in [0.29, 0.717) is 18.8 Å². The van der Waals surface area contributed by atoms with Crippen molar-refractivity contribution >= 4 is 11.8 Å². The molecule has 0 radical (unpaired) electrons. The lowest BCUT2D eigenvalue weighted by molar-refractivity contribution is 0.174. The molecule has 4 aliphatic rings. The third kappa shape index (κ3) is 2.54. The largest absolute Gasteiger partial charge is 0.493 e. The molecule has 5 nitrogen and oxygen atoms in total. The van der Waals surface area contributed by atoms with Gasteiger partial charge in [-0.25, -0.2) is 0 Å². The predicted molar refractivity (Wildman–Crippen MR) is 115 cm³/mol. The number of ether oxygens (including phenoxy) is 4. The third-order valence-electron chi connectivity index (χ3n) is 7.19. The van der Waals surface area contributed by atoms with Crippen LogP contribution in [0.4, 0.5) is 0 Å². The molecule has 1 fully saturated rings. The van der Waals surface area contributed by atoms with Gasteiger partial charge >= 0.3 is 0 Å². The number of nitrogens with zero attached hydrogens (tertiary/aromatic N) is 1. The summed E-state index contributed by atoms with van der Waals surface area (Å²) in [7, 11) is 3.48. The summed E-state index contributed by atoms with van der Waals surface area (Å²) in [6.45, 7) is 1.31. The van der Waals surface area contributed by atoms with Crippen LogP contribution >= 0.6 is 0 Å². The standard InChI is InChI=1S/C25H27NO4/c1-27-20-8-7-17-11-19-18-13-22-21(29-14-30-22)12-16(18)9-10-26(19)24(15-5-3-4-6-15)23(17)25(20)28-2/h7-8,11-13,15,24H,3-6,9-10,14H2,1-2H3/t24-/m1/s1. The van der Waals surface area contributed by atoms with Crippen LogP contribution in [0.15, 0.2) is 24.3 Å². The third-order valence-corrected chi connectivity index (χ3v) is 7.19. The van der Waals surface area contributed by atoms with Crippen LogP contribution in [0.2, 0.25) is 0 Å². The number of hydrogen-bond acceptors (Lipinski definition) is 5. The number of hydrogen-bond donors (Lipinski definition) is 0. The van der Waals surface area contributed by atoms with Gasteiger partial charge in [-0.05, 0) is 60.6 Å². The quantitative estimate of drug-likeness (QED) is 0.716. The van der Waals surface area contributed by atoms with E-state index in [0.717, 1.165) is 36.0 Å². The molecule has 3 aliphatic heterocycles. The lowest BCUT2D eigenvalue weighted by Gasteiger charge is -2.46. The lowest BCUT2D eigenvalue weighted by atomic mass is 9.80. The Morgan fingerprint density at radius 1 is 1.00 bits per heavy atom. The Bertz CT molecular complexity index is 1040. The van der Waals surface area contributed by atoms with Crippen LogP contribution in [-0.4, -0.2) is 32.5 Å². The van der Waals surface area contributed by atoms with E-state index in [1.165, 1.54) is 53.6 Å². The Kier molecular flexibility index (Phi) is 4.12. The van der Waals surface area contributed by atoms with Gasteiger partial charge in [-0.2, -0.15) is 0 Å². The lowest BCUT2D eigenvalue weighted by Crippen LogP contribution is -2.38. The Balaban J connectivity index is 1.56. The fourth-order valence-corrected chi connectivity index (χ4v) is 5.86. The number of methoxy groups -OCH3 is 2. The van der Waals surface area contributed by atoms with Crippen molar-refractivity contribution in [2.24, 2.45) is 5.92 Å². The maximum Gasteiger partial charge on any atom is 0.231 e. The van der Waals surface area contributed by atoms with E-state index in [1.807, 2.05) is 6.07 Å². The summed E-state index contributed by atoms with van der Waals surface area (Å²) in [6, 6.07) is 8.87. The zero-order valence-electron chi connectivity index (χ0n) is 17.6. The van der Waals surface area contributed by atoms with Crippen molar-refractivity contribution in [1.29, 1.82) is 0 Å². The molecule has 0 N–H and O–H groups in total. The van der Waals surface area contributed by atoms with Gasteiger partial charge in [0.1, 0.15) is 0 Å². The topological polar surface area (TPSA) is 40.2 Å². The molecule has 156 valence electrons. The van der Waals surface area contributed by atoms with Crippen LogP contribution in [0.25, 0.3) is 11.8 Å². The molecule has 2 aromatic carbocycles. The van der Waals surface area contributed by atoms with Gasteiger partial charge in [0.2, 0.25) is 6.79 Å². The molecule has 0 amide bonds. The van der Waals surface area contributed by atoms with Crippen LogP contribution in [0.5, 0.6) is 23.0 Å². The summed E-state index contributed by atoms with van der Waals surface area (Å²) in [5.41, 5.74) is 6.44. The van der Waals surface area contributed by atoms with E-state index in [1.54, 1.807) is 14.2 Å². The zero-order valence-corrected chi connectivity index (χ0v) is 17.6. The first-order chi connectivity index (χ1) is 14.8. The Labute approximate surface area is 177 Å². The van der Waals surface area contributed by atoms with Gasteiger partial charge < -0.3 is 23.8 Å². The van der Waals surface area contributed by atoms with Crippen LogP contribution in [0.1, 0.15) is 54.0 Å². The summed E-state index contributed by atoms with van der Waals surface area (Å²) in [6.07, 6.45) is 8.48. The first kappa shape index (κ1) is 18.0. The van der Waals surface area contributed by atoms with Crippen molar-refractivity contribution in [3.63, 3.8) is 0 Å². The van der Waals surface area contributed by atoms with Gasteiger partial charge in [-0.15, -0.1) is 0 Å². The molecule has 2 aromatic rings. The normalized spacial score (nSPS) is 21.6. The summed E-state index contributed by atoms with van der Waals surface area (Å²) in [5, 5.41) is 0. The second-order valence-corrected chi connectivity index (χ2v) is 8.63. The van der Waals surface area contributed by atoms with Crippen LogP contribution in [0, 0.1) is 5.92 Å². The van der Waals surface area contributed by atoms with Gasteiger partial charge in [0, 0.05) is 23.4 Å². The number of fused-ring (bicyclic) bond motifs is 5. The van der Waals surface area contributed by atoms with Crippen molar-refractivity contribution < 1.29 is 18.9 Å². The summed E-state index contributed by atoms with van der Waals surface area (Å²) >= 11 is 0. The molecule has 0 spiro atoms. The molecule has 1 saturated carbocycles. The molecule has 6 rings (SSSR count). The summed E-state index contributed by atoms with van der Waals surface area (Å²) < 4.78 is 22.9. The molecule has 30 heavy (non-hydrogen) atoms. The van der Waals surface area contributed by atoms with Crippen molar-refractivity contribution in [3.8, 4) is 23.0 Å². The minimum Gasteiger partial charge on any atom is -0.493 e. The van der Waals surface area contributed by atoms with Crippen molar-refractivity contribution in [2.45, 2.75) is 38.1 Å². The van der Waals surface area contributed by atoms with E-state index in [9.17, 15) is 0 Å². The maximum atomic E-state index is 5.92. The van der Waals surface area contributed by atoms with E-state index < -0.39 is 0 Å². The molecule has 0 saturated heterocycles.